The van der Waals surface area contributed by atoms with Crippen LogP contribution in [-0.4, -0.2) is 57.1 Å². The van der Waals surface area contributed by atoms with Crippen LogP contribution < -0.4 is 14.4 Å². The van der Waals surface area contributed by atoms with Crippen molar-refractivity contribution in [2.75, 3.05) is 24.2 Å². The Hall–Kier alpha value is -3.07. The minimum absolute atomic E-state index is 0.0991. The Labute approximate surface area is 221 Å². The molecule has 1 N–H and O–H groups in total. The van der Waals surface area contributed by atoms with Crippen molar-refractivity contribution in [3.63, 3.8) is 0 Å². The number of nitrogens with one attached hydrogen (secondary N) is 1. The van der Waals surface area contributed by atoms with Gasteiger partial charge in [-0.05, 0) is 61.6 Å². The van der Waals surface area contributed by atoms with E-state index in [1.165, 1.54) is 11.3 Å². The second-order valence-electron chi connectivity index (χ2n) is 9.68. The summed E-state index contributed by atoms with van der Waals surface area (Å²) in [6.07, 6.45) is 7.08. The Bertz CT molecular complexity index is 1160. The fourth-order valence-electron chi connectivity index (χ4n) is 4.63. The van der Waals surface area contributed by atoms with Crippen LogP contribution in [0.25, 0.3) is 0 Å². The number of amides is 2. The Morgan fingerprint density at radius 3 is 2.32 bits per heavy atom. The zero-order valence-electron chi connectivity index (χ0n) is 22.3. The predicted molar refractivity (Wildman–Crippen MR) is 146 cm³/mol. The fourth-order valence-corrected chi connectivity index (χ4v) is 5.48. The number of hydrogen-bond acceptors (Lipinski definition) is 5. The van der Waals surface area contributed by atoms with Gasteiger partial charge in [0.15, 0.2) is 0 Å². The molecule has 37 heavy (non-hydrogen) atoms. The SMILES string of the molecule is CCc1ccc(N(CC(=O)N(Cc2cccc(OC)c2)[C@H](C)C(=O)NC2CCCCC2)S(C)(=O)=O)cc1. The molecule has 0 spiro atoms. The number of carbonyl (C=O) groups excluding carboxylic acids is 2. The number of sulfonamides is 1. The van der Waals surface area contributed by atoms with Crippen molar-refractivity contribution in [3.8, 4) is 5.75 Å². The van der Waals surface area contributed by atoms with Crippen molar-refractivity contribution in [2.45, 2.75) is 71.0 Å². The van der Waals surface area contributed by atoms with Crippen molar-refractivity contribution < 1.29 is 22.7 Å². The van der Waals surface area contributed by atoms with Gasteiger partial charge in [0, 0.05) is 12.6 Å². The zero-order valence-corrected chi connectivity index (χ0v) is 23.1. The van der Waals surface area contributed by atoms with E-state index in [1.807, 2.05) is 37.3 Å². The summed E-state index contributed by atoms with van der Waals surface area (Å²) in [5.74, 6) is -0.0570. The van der Waals surface area contributed by atoms with E-state index in [1.54, 1.807) is 32.2 Å². The molecule has 1 fully saturated rings. The quantitative estimate of drug-likeness (QED) is 0.477. The van der Waals surface area contributed by atoms with Crippen LogP contribution in [0.3, 0.4) is 0 Å². The first-order chi connectivity index (χ1) is 17.6. The zero-order chi connectivity index (χ0) is 27.0. The van der Waals surface area contributed by atoms with Crippen LogP contribution in [0.4, 0.5) is 5.69 Å². The third-order valence-corrected chi connectivity index (χ3v) is 8.06. The molecule has 202 valence electrons. The molecule has 8 nitrogen and oxygen atoms in total. The number of nitrogens with zero attached hydrogens (tertiary/aromatic N) is 2. The highest BCUT2D eigenvalue weighted by Crippen LogP contribution is 2.22. The normalized spacial score (nSPS) is 15.0. The van der Waals surface area contributed by atoms with E-state index < -0.39 is 28.5 Å². The third-order valence-electron chi connectivity index (χ3n) is 6.92. The fraction of sp³-hybridized carbons (Fsp3) is 0.500. The summed E-state index contributed by atoms with van der Waals surface area (Å²) in [7, 11) is -2.19. The summed E-state index contributed by atoms with van der Waals surface area (Å²) in [4.78, 5) is 28.4. The predicted octanol–water partition coefficient (Wildman–Crippen LogP) is 3.89. The van der Waals surface area contributed by atoms with Crippen LogP contribution in [0, 0.1) is 0 Å². The lowest BCUT2D eigenvalue weighted by Gasteiger charge is -2.33. The maximum atomic E-state index is 13.7. The summed E-state index contributed by atoms with van der Waals surface area (Å²) in [6, 6.07) is 13.7. The molecular formula is C28H39N3O5S. The van der Waals surface area contributed by atoms with E-state index in [9.17, 15) is 18.0 Å². The van der Waals surface area contributed by atoms with Gasteiger partial charge in [0.05, 0.1) is 19.1 Å². The topological polar surface area (TPSA) is 96.0 Å². The van der Waals surface area contributed by atoms with Crippen molar-refractivity contribution in [1.29, 1.82) is 0 Å². The molecule has 1 aliphatic rings. The first-order valence-corrected chi connectivity index (χ1v) is 14.8. The second kappa shape index (κ2) is 12.9. The summed E-state index contributed by atoms with van der Waals surface area (Å²) < 4.78 is 31.8. The maximum absolute atomic E-state index is 13.7. The van der Waals surface area contributed by atoms with Gasteiger partial charge >= 0.3 is 0 Å². The monoisotopic (exact) mass is 529 g/mol. The molecular weight excluding hydrogens is 490 g/mol. The highest BCUT2D eigenvalue weighted by Gasteiger charge is 2.31. The average Bonchev–Trinajstić information content (AvgIpc) is 2.90. The molecule has 0 radical (unpaired) electrons. The Kier molecular flexibility index (Phi) is 9.97. The lowest BCUT2D eigenvalue weighted by molar-refractivity contribution is -0.139. The van der Waals surface area contributed by atoms with Gasteiger partial charge in [0.25, 0.3) is 0 Å². The van der Waals surface area contributed by atoms with Crippen molar-refractivity contribution in [2.24, 2.45) is 0 Å². The first kappa shape index (κ1) is 28.5. The van der Waals surface area contributed by atoms with Crippen molar-refractivity contribution in [3.05, 3.63) is 59.7 Å². The minimum Gasteiger partial charge on any atom is -0.497 e. The van der Waals surface area contributed by atoms with Gasteiger partial charge in [-0.2, -0.15) is 0 Å². The number of anilines is 1. The lowest BCUT2D eigenvalue weighted by Crippen LogP contribution is -2.52. The van der Waals surface area contributed by atoms with Crippen molar-refractivity contribution in [1.82, 2.24) is 10.2 Å². The summed E-state index contributed by atoms with van der Waals surface area (Å²) >= 11 is 0. The lowest BCUT2D eigenvalue weighted by atomic mass is 9.95. The second-order valence-corrected chi connectivity index (χ2v) is 11.6. The number of benzene rings is 2. The van der Waals surface area contributed by atoms with E-state index in [2.05, 4.69) is 5.32 Å². The Morgan fingerprint density at radius 1 is 1.05 bits per heavy atom. The summed E-state index contributed by atoms with van der Waals surface area (Å²) in [5.41, 5.74) is 2.26. The molecule has 2 aromatic rings. The van der Waals surface area contributed by atoms with E-state index in [4.69, 9.17) is 4.74 Å². The van der Waals surface area contributed by atoms with Gasteiger partial charge in [-0.15, -0.1) is 0 Å². The highest BCUT2D eigenvalue weighted by atomic mass is 32.2. The van der Waals surface area contributed by atoms with Crippen LogP contribution in [-0.2, 0) is 32.6 Å². The van der Waals surface area contributed by atoms with Gasteiger partial charge in [0.2, 0.25) is 21.8 Å². The molecule has 0 bridgehead atoms. The largest absolute Gasteiger partial charge is 0.497 e. The van der Waals surface area contributed by atoms with E-state index >= 15 is 0 Å². The van der Waals surface area contributed by atoms with Crippen LogP contribution in [0.1, 0.15) is 57.1 Å². The summed E-state index contributed by atoms with van der Waals surface area (Å²) in [5, 5.41) is 3.10. The molecule has 0 unspecified atom stereocenters. The molecule has 2 aromatic carbocycles. The highest BCUT2D eigenvalue weighted by molar-refractivity contribution is 7.92. The van der Waals surface area contributed by atoms with Crippen molar-refractivity contribution >= 4 is 27.5 Å². The van der Waals surface area contributed by atoms with Gasteiger partial charge in [-0.25, -0.2) is 8.42 Å². The Morgan fingerprint density at radius 2 is 1.73 bits per heavy atom. The molecule has 9 heteroatoms. The van der Waals surface area contributed by atoms with E-state index in [0.717, 1.165) is 53.8 Å². The summed E-state index contributed by atoms with van der Waals surface area (Å²) in [6.45, 7) is 3.44. The third kappa shape index (κ3) is 7.95. The Balaban J connectivity index is 1.87. The molecule has 0 aliphatic heterocycles. The van der Waals surface area contributed by atoms with Gasteiger partial charge in [0.1, 0.15) is 18.3 Å². The number of hydrogen-bond donors (Lipinski definition) is 1. The molecule has 0 saturated heterocycles. The molecule has 1 saturated carbocycles. The van der Waals surface area contributed by atoms with Gasteiger partial charge in [-0.3, -0.25) is 13.9 Å². The van der Waals surface area contributed by atoms with Crippen LogP contribution in [0.15, 0.2) is 48.5 Å². The van der Waals surface area contributed by atoms with Crippen LogP contribution in [0.5, 0.6) is 5.75 Å². The smallest absolute Gasteiger partial charge is 0.244 e. The number of aryl methyl sites for hydroxylation is 1. The van der Waals surface area contributed by atoms with Gasteiger partial charge in [-0.1, -0.05) is 50.5 Å². The molecule has 0 aromatic heterocycles. The standard InChI is InChI=1S/C28H39N3O5S/c1-5-22-14-16-25(17-15-22)31(37(4,34)35)20-27(32)30(19-23-10-9-13-26(18-23)36-3)21(2)28(33)29-24-11-7-6-8-12-24/h9-10,13-18,21,24H,5-8,11-12,19-20H2,1-4H3,(H,29,33)/t21-/m1/s1. The number of ether oxygens (including phenoxy) is 1. The minimum atomic E-state index is -3.75. The van der Waals surface area contributed by atoms with E-state index in [-0.39, 0.29) is 18.5 Å². The number of methoxy groups -OCH3 is 1. The average molecular weight is 530 g/mol. The number of rotatable bonds is 11. The molecule has 2 amide bonds. The molecule has 1 atom stereocenters. The van der Waals surface area contributed by atoms with E-state index in [0.29, 0.717) is 11.4 Å². The number of carbonyl (C=O) groups is 2. The van der Waals surface area contributed by atoms with Crippen LogP contribution in [0.2, 0.25) is 0 Å². The first-order valence-electron chi connectivity index (χ1n) is 12.9. The molecule has 3 rings (SSSR count). The van der Waals surface area contributed by atoms with Gasteiger partial charge < -0.3 is 15.0 Å². The molecule has 0 heterocycles. The molecule has 1 aliphatic carbocycles. The maximum Gasteiger partial charge on any atom is 0.244 e. The van der Waals surface area contributed by atoms with Crippen LogP contribution >= 0.6 is 0 Å².